The topological polar surface area (TPSA) is 52.3 Å². The summed E-state index contributed by atoms with van der Waals surface area (Å²) in [5.41, 5.74) is 8.77. The van der Waals surface area contributed by atoms with E-state index in [2.05, 4.69) is 19.1 Å². The first-order valence-electron chi connectivity index (χ1n) is 5.60. The highest BCUT2D eigenvalue weighted by Gasteiger charge is 2.24. The summed E-state index contributed by atoms with van der Waals surface area (Å²) in [4.78, 5) is 11.0. The quantitative estimate of drug-likeness (QED) is 0.827. The van der Waals surface area contributed by atoms with E-state index in [0.29, 0.717) is 13.0 Å². The maximum absolute atomic E-state index is 11.0. The highest BCUT2D eigenvalue weighted by atomic mass is 16.5. The summed E-state index contributed by atoms with van der Waals surface area (Å²) in [6.07, 6.45) is 1.29. The van der Waals surface area contributed by atoms with Gasteiger partial charge in [0, 0.05) is 6.42 Å². The Kier molecular flexibility index (Phi) is 2.86. The molecule has 0 bridgehead atoms. The van der Waals surface area contributed by atoms with Gasteiger partial charge in [-0.2, -0.15) is 0 Å². The Labute approximate surface area is 95.6 Å². The molecule has 0 aliphatic carbocycles. The van der Waals surface area contributed by atoms with E-state index in [-0.39, 0.29) is 11.8 Å². The molecule has 1 amide bonds. The Morgan fingerprint density at radius 2 is 2.25 bits per heavy atom. The standard InChI is InChI=1S/C13H17NO2/c1-8-5-9(2)13-11(6-8)10(3-4-16-13)7-12(14)15/h5-6,10H,3-4,7H2,1-2H3,(H2,14,15). The average molecular weight is 219 g/mol. The van der Waals surface area contributed by atoms with Gasteiger partial charge in [0.05, 0.1) is 6.61 Å². The van der Waals surface area contributed by atoms with Gasteiger partial charge in [0.15, 0.2) is 0 Å². The number of primary amides is 1. The lowest BCUT2D eigenvalue weighted by atomic mass is 9.87. The van der Waals surface area contributed by atoms with E-state index >= 15 is 0 Å². The van der Waals surface area contributed by atoms with Crippen molar-refractivity contribution >= 4 is 5.91 Å². The minimum absolute atomic E-state index is 0.222. The van der Waals surface area contributed by atoms with Crippen molar-refractivity contribution < 1.29 is 9.53 Å². The van der Waals surface area contributed by atoms with E-state index in [9.17, 15) is 4.79 Å². The maximum atomic E-state index is 11.0. The van der Waals surface area contributed by atoms with Crippen molar-refractivity contribution in [3.8, 4) is 5.75 Å². The number of fused-ring (bicyclic) bond motifs is 1. The first-order valence-corrected chi connectivity index (χ1v) is 5.60. The van der Waals surface area contributed by atoms with Crippen LogP contribution in [0.3, 0.4) is 0 Å². The maximum Gasteiger partial charge on any atom is 0.218 e. The summed E-state index contributed by atoms with van der Waals surface area (Å²) in [5.74, 6) is 0.931. The smallest absolute Gasteiger partial charge is 0.218 e. The predicted octanol–water partition coefficient (Wildman–Crippen LogP) is 2.04. The number of hydrogen-bond donors (Lipinski definition) is 1. The van der Waals surface area contributed by atoms with Gasteiger partial charge in [-0.15, -0.1) is 0 Å². The summed E-state index contributed by atoms with van der Waals surface area (Å²) < 4.78 is 5.67. The second kappa shape index (κ2) is 4.16. The molecular weight excluding hydrogens is 202 g/mol. The van der Waals surface area contributed by atoms with Crippen LogP contribution in [0.5, 0.6) is 5.75 Å². The van der Waals surface area contributed by atoms with Crippen molar-refractivity contribution in [2.24, 2.45) is 5.73 Å². The molecule has 0 radical (unpaired) electrons. The van der Waals surface area contributed by atoms with Crippen LogP contribution in [0.15, 0.2) is 12.1 Å². The summed E-state index contributed by atoms with van der Waals surface area (Å²) in [6, 6.07) is 4.21. The van der Waals surface area contributed by atoms with Gasteiger partial charge in [-0.1, -0.05) is 17.7 Å². The van der Waals surface area contributed by atoms with Crippen molar-refractivity contribution in [1.29, 1.82) is 0 Å². The fourth-order valence-corrected chi connectivity index (χ4v) is 2.40. The second-order valence-electron chi connectivity index (χ2n) is 4.50. The molecule has 0 aromatic heterocycles. The molecule has 1 aliphatic rings. The first kappa shape index (κ1) is 11.0. The summed E-state index contributed by atoms with van der Waals surface area (Å²) in [5, 5.41) is 0. The van der Waals surface area contributed by atoms with Crippen molar-refractivity contribution in [3.63, 3.8) is 0 Å². The van der Waals surface area contributed by atoms with E-state index in [1.807, 2.05) is 6.92 Å². The Balaban J connectivity index is 2.41. The Morgan fingerprint density at radius 3 is 2.94 bits per heavy atom. The molecule has 0 fully saturated rings. The molecule has 1 atom stereocenters. The molecule has 1 aromatic rings. The summed E-state index contributed by atoms with van der Waals surface area (Å²) in [7, 11) is 0. The Bertz CT molecular complexity index is 426. The molecule has 2 N–H and O–H groups in total. The third kappa shape index (κ3) is 2.03. The minimum Gasteiger partial charge on any atom is -0.493 e. The minimum atomic E-state index is -0.239. The van der Waals surface area contributed by atoms with Crippen molar-refractivity contribution in [2.45, 2.75) is 32.6 Å². The highest BCUT2D eigenvalue weighted by molar-refractivity contribution is 5.75. The Hall–Kier alpha value is -1.51. The summed E-state index contributed by atoms with van der Waals surface area (Å²) >= 11 is 0. The van der Waals surface area contributed by atoms with Gasteiger partial charge in [0.1, 0.15) is 5.75 Å². The van der Waals surface area contributed by atoms with Crippen LogP contribution in [0.4, 0.5) is 0 Å². The van der Waals surface area contributed by atoms with Gasteiger partial charge in [0.2, 0.25) is 5.91 Å². The lowest BCUT2D eigenvalue weighted by Gasteiger charge is -2.27. The molecule has 3 heteroatoms. The van der Waals surface area contributed by atoms with Crippen LogP contribution >= 0.6 is 0 Å². The fraction of sp³-hybridized carbons (Fsp3) is 0.462. The van der Waals surface area contributed by atoms with Gasteiger partial charge in [-0.25, -0.2) is 0 Å². The van der Waals surface area contributed by atoms with Crippen LogP contribution in [-0.4, -0.2) is 12.5 Å². The van der Waals surface area contributed by atoms with Gasteiger partial charge in [0.25, 0.3) is 0 Å². The zero-order valence-electron chi connectivity index (χ0n) is 9.75. The number of hydrogen-bond acceptors (Lipinski definition) is 2. The van der Waals surface area contributed by atoms with E-state index in [0.717, 1.165) is 23.3 Å². The second-order valence-corrected chi connectivity index (χ2v) is 4.50. The average Bonchev–Trinajstić information content (AvgIpc) is 2.18. The number of aryl methyl sites for hydroxylation is 2. The zero-order chi connectivity index (χ0) is 11.7. The number of rotatable bonds is 2. The van der Waals surface area contributed by atoms with Gasteiger partial charge in [-0.05, 0) is 37.3 Å². The van der Waals surface area contributed by atoms with Gasteiger partial charge >= 0.3 is 0 Å². The molecule has 0 saturated heterocycles. The monoisotopic (exact) mass is 219 g/mol. The molecule has 3 nitrogen and oxygen atoms in total. The molecule has 1 aromatic carbocycles. The third-order valence-corrected chi connectivity index (χ3v) is 3.05. The number of amides is 1. The van der Waals surface area contributed by atoms with E-state index in [1.165, 1.54) is 5.56 Å². The molecule has 16 heavy (non-hydrogen) atoms. The molecule has 1 unspecified atom stereocenters. The van der Waals surface area contributed by atoms with Crippen LogP contribution in [0.1, 0.15) is 35.4 Å². The Morgan fingerprint density at radius 1 is 1.50 bits per heavy atom. The molecule has 1 aliphatic heterocycles. The molecule has 86 valence electrons. The van der Waals surface area contributed by atoms with Gasteiger partial charge in [-0.3, -0.25) is 4.79 Å². The number of nitrogens with two attached hydrogens (primary N) is 1. The highest BCUT2D eigenvalue weighted by Crippen LogP contribution is 2.38. The number of benzene rings is 1. The largest absolute Gasteiger partial charge is 0.493 e. The molecular formula is C13H17NO2. The third-order valence-electron chi connectivity index (χ3n) is 3.05. The predicted molar refractivity (Wildman–Crippen MR) is 62.6 cm³/mol. The first-order chi connectivity index (χ1) is 7.58. The van der Waals surface area contributed by atoms with Crippen LogP contribution < -0.4 is 10.5 Å². The molecule has 0 spiro atoms. The van der Waals surface area contributed by atoms with Crippen molar-refractivity contribution in [1.82, 2.24) is 0 Å². The fourth-order valence-electron chi connectivity index (χ4n) is 2.40. The normalized spacial score (nSPS) is 18.8. The van der Waals surface area contributed by atoms with Crippen LogP contribution in [-0.2, 0) is 4.79 Å². The molecule has 2 rings (SSSR count). The number of carbonyl (C=O) groups excluding carboxylic acids is 1. The van der Waals surface area contributed by atoms with Gasteiger partial charge < -0.3 is 10.5 Å². The van der Waals surface area contributed by atoms with E-state index in [4.69, 9.17) is 10.5 Å². The van der Waals surface area contributed by atoms with E-state index in [1.54, 1.807) is 0 Å². The van der Waals surface area contributed by atoms with Crippen molar-refractivity contribution in [2.75, 3.05) is 6.61 Å². The molecule has 0 saturated carbocycles. The lowest BCUT2D eigenvalue weighted by molar-refractivity contribution is -0.118. The zero-order valence-corrected chi connectivity index (χ0v) is 9.75. The molecule has 1 heterocycles. The van der Waals surface area contributed by atoms with Crippen LogP contribution in [0.2, 0.25) is 0 Å². The van der Waals surface area contributed by atoms with E-state index < -0.39 is 0 Å². The summed E-state index contributed by atoms with van der Waals surface area (Å²) in [6.45, 7) is 4.77. The number of carbonyl (C=O) groups is 1. The van der Waals surface area contributed by atoms with Crippen molar-refractivity contribution in [3.05, 3.63) is 28.8 Å². The SMILES string of the molecule is Cc1cc(C)c2c(c1)C(CC(N)=O)CCO2. The van der Waals surface area contributed by atoms with Crippen LogP contribution in [0.25, 0.3) is 0 Å². The lowest BCUT2D eigenvalue weighted by Crippen LogP contribution is -2.21. The number of ether oxygens (including phenoxy) is 1. The van der Waals surface area contributed by atoms with Crippen LogP contribution in [0, 0.1) is 13.8 Å².